The smallest absolute Gasteiger partial charge is 0.317 e. The Labute approximate surface area is 139 Å². The van der Waals surface area contributed by atoms with Crippen molar-refractivity contribution < 1.29 is 19.5 Å². The maximum Gasteiger partial charge on any atom is 0.317 e. The molecule has 0 spiro atoms. The van der Waals surface area contributed by atoms with Gasteiger partial charge in [0.05, 0.1) is 6.42 Å². The van der Waals surface area contributed by atoms with E-state index in [1.54, 1.807) is 29.2 Å². The first-order valence-corrected chi connectivity index (χ1v) is 7.89. The molecule has 2 rings (SSSR count). The largest absolute Gasteiger partial charge is 0.481 e. The van der Waals surface area contributed by atoms with Crippen molar-refractivity contribution in [3.8, 4) is 0 Å². The number of amides is 2. The van der Waals surface area contributed by atoms with E-state index in [4.69, 9.17) is 16.7 Å². The molecule has 0 aliphatic carbocycles. The third-order valence-corrected chi connectivity index (χ3v) is 4.15. The van der Waals surface area contributed by atoms with Crippen molar-refractivity contribution in [2.45, 2.75) is 19.3 Å². The van der Waals surface area contributed by atoms with Crippen molar-refractivity contribution in [1.29, 1.82) is 0 Å². The zero-order valence-corrected chi connectivity index (χ0v) is 13.4. The highest BCUT2D eigenvalue weighted by Crippen LogP contribution is 2.22. The molecule has 1 heterocycles. The summed E-state index contributed by atoms with van der Waals surface area (Å²) in [6, 6.07) is 6.55. The van der Waals surface area contributed by atoms with Crippen molar-refractivity contribution in [1.82, 2.24) is 10.2 Å². The zero-order chi connectivity index (χ0) is 16.8. The minimum Gasteiger partial charge on any atom is -0.481 e. The maximum atomic E-state index is 12.4. The van der Waals surface area contributed by atoms with Crippen molar-refractivity contribution >= 4 is 29.4 Å². The van der Waals surface area contributed by atoms with E-state index >= 15 is 0 Å². The summed E-state index contributed by atoms with van der Waals surface area (Å²) in [4.78, 5) is 36.3. The van der Waals surface area contributed by atoms with E-state index in [2.05, 4.69) is 5.32 Å². The minimum absolute atomic E-state index is 0.0765. The molecule has 1 aromatic carbocycles. The molecule has 0 radical (unpaired) electrons. The van der Waals surface area contributed by atoms with Crippen molar-refractivity contribution in [3.63, 3.8) is 0 Å². The SMILES string of the molecule is O=C(O)CCNC(=O)N1CCC(C(=O)c2ccc(Cl)cc2)CC1. The highest BCUT2D eigenvalue weighted by molar-refractivity contribution is 6.30. The Balaban J connectivity index is 1.81. The van der Waals surface area contributed by atoms with E-state index in [9.17, 15) is 14.4 Å². The number of urea groups is 1. The number of Topliss-reactive ketones (excluding diaryl/α,β-unsaturated/α-hetero) is 1. The number of nitrogens with one attached hydrogen (secondary N) is 1. The van der Waals surface area contributed by atoms with Gasteiger partial charge in [0.2, 0.25) is 0 Å². The number of halogens is 1. The molecule has 0 saturated carbocycles. The molecule has 0 unspecified atom stereocenters. The van der Waals surface area contributed by atoms with Crippen LogP contribution in [0.15, 0.2) is 24.3 Å². The molecule has 1 fully saturated rings. The summed E-state index contributed by atoms with van der Waals surface area (Å²) in [6.45, 7) is 1.09. The number of aliphatic carboxylic acids is 1. The fraction of sp³-hybridized carbons (Fsp3) is 0.438. The second kappa shape index (κ2) is 7.97. The van der Waals surface area contributed by atoms with E-state index in [-0.39, 0.29) is 30.7 Å². The van der Waals surface area contributed by atoms with Gasteiger partial charge in [0.15, 0.2) is 5.78 Å². The van der Waals surface area contributed by atoms with E-state index < -0.39 is 5.97 Å². The van der Waals surface area contributed by atoms with Gasteiger partial charge in [0, 0.05) is 36.1 Å². The number of benzene rings is 1. The molecule has 1 aliphatic heterocycles. The second-order valence-corrected chi connectivity index (χ2v) is 5.94. The van der Waals surface area contributed by atoms with Gasteiger partial charge >= 0.3 is 12.0 Å². The Morgan fingerprint density at radius 1 is 1.17 bits per heavy atom. The fourth-order valence-electron chi connectivity index (χ4n) is 2.58. The summed E-state index contributed by atoms with van der Waals surface area (Å²) in [6.07, 6.45) is 1.11. The second-order valence-electron chi connectivity index (χ2n) is 5.51. The monoisotopic (exact) mass is 338 g/mol. The van der Waals surface area contributed by atoms with Crippen LogP contribution in [0, 0.1) is 5.92 Å². The average molecular weight is 339 g/mol. The van der Waals surface area contributed by atoms with Crippen LogP contribution in [-0.4, -0.2) is 47.4 Å². The molecular formula is C16H19ClN2O4. The number of hydrogen-bond donors (Lipinski definition) is 2. The van der Waals surface area contributed by atoms with Gasteiger partial charge < -0.3 is 15.3 Å². The van der Waals surface area contributed by atoms with Crippen LogP contribution in [0.1, 0.15) is 29.6 Å². The van der Waals surface area contributed by atoms with Crippen LogP contribution in [0.2, 0.25) is 5.02 Å². The van der Waals surface area contributed by atoms with E-state index in [1.807, 2.05) is 0 Å². The van der Waals surface area contributed by atoms with Gasteiger partial charge in [-0.05, 0) is 37.1 Å². The lowest BCUT2D eigenvalue weighted by molar-refractivity contribution is -0.136. The topological polar surface area (TPSA) is 86.7 Å². The lowest BCUT2D eigenvalue weighted by Crippen LogP contribution is -2.45. The number of rotatable bonds is 5. The first-order chi connectivity index (χ1) is 11.0. The summed E-state index contributed by atoms with van der Waals surface area (Å²) in [7, 11) is 0. The van der Waals surface area contributed by atoms with Crippen LogP contribution in [-0.2, 0) is 4.79 Å². The third kappa shape index (κ3) is 4.96. The zero-order valence-electron chi connectivity index (χ0n) is 12.6. The molecular weight excluding hydrogens is 320 g/mol. The fourth-order valence-corrected chi connectivity index (χ4v) is 2.71. The summed E-state index contributed by atoms with van der Waals surface area (Å²) < 4.78 is 0. The number of carboxylic acids is 1. The van der Waals surface area contributed by atoms with Crippen molar-refractivity contribution in [2.75, 3.05) is 19.6 Å². The average Bonchev–Trinajstić information content (AvgIpc) is 2.54. The summed E-state index contributed by atoms with van der Waals surface area (Å²) in [5.41, 5.74) is 0.638. The quantitative estimate of drug-likeness (QED) is 0.807. The number of ketones is 1. The van der Waals surface area contributed by atoms with Gasteiger partial charge in [0.1, 0.15) is 0 Å². The Hall–Kier alpha value is -2.08. The van der Waals surface area contributed by atoms with Gasteiger partial charge in [0.25, 0.3) is 0 Å². The molecule has 23 heavy (non-hydrogen) atoms. The number of carbonyl (C=O) groups excluding carboxylic acids is 2. The molecule has 1 aromatic rings. The Morgan fingerprint density at radius 2 is 1.78 bits per heavy atom. The van der Waals surface area contributed by atoms with Gasteiger partial charge in [-0.25, -0.2) is 4.79 Å². The van der Waals surface area contributed by atoms with Crippen LogP contribution in [0.5, 0.6) is 0 Å². The number of hydrogen-bond acceptors (Lipinski definition) is 3. The van der Waals surface area contributed by atoms with E-state index in [1.165, 1.54) is 0 Å². The summed E-state index contributed by atoms with van der Waals surface area (Å²) in [5, 5.41) is 11.7. The van der Waals surface area contributed by atoms with Crippen LogP contribution >= 0.6 is 11.6 Å². The minimum atomic E-state index is -0.947. The van der Waals surface area contributed by atoms with Gasteiger partial charge in [-0.15, -0.1) is 0 Å². The Bertz CT molecular complexity index is 580. The predicted octanol–water partition coefficient (Wildman–Crippen LogP) is 2.42. The maximum absolute atomic E-state index is 12.4. The number of piperidine rings is 1. The molecule has 2 N–H and O–H groups in total. The highest BCUT2D eigenvalue weighted by atomic mass is 35.5. The standard InChI is InChI=1S/C16H19ClN2O4/c17-13-3-1-11(2-4-13)15(22)12-6-9-19(10-7-12)16(23)18-8-5-14(20)21/h1-4,12H,5-10H2,(H,18,23)(H,20,21). The molecule has 0 aromatic heterocycles. The molecule has 1 aliphatic rings. The molecule has 6 nitrogen and oxygen atoms in total. The lowest BCUT2D eigenvalue weighted by atomic mass is 9.89. The first kappa shape index (κ1) is 17.3. The predicted molar refractivity (Wildman–Crippen MR) is 85.7 cm³/mol. The highest BCUT2D eigenvalue weighted by Gasteiger charge is 2.27. The lowest BCUT2D eigenvalue weighted by Gasteiger charge is -2.31. The normalized spacial score (nSPS) is 15.3. The number of nitrogens with zero attached hydrogens (tertiary/aromatic N) is 1. The summed E-state index contributed by atoms with van der Waals surface area (Å²) in [5.74, 6) is -0.968. The molecule has 7 heteroatoms. The van der Waals surface area contributed by atoms with E-state index in [0.29, 0.717) is 36.5 Å². The molecule has 124 valence electrons. The molecule has 0 atom stereocenters. The van der Waals surface area contributed by atoms with Crippen LogP contribution < -0.4 is 5.32 Å². The third-order valence-electron chi connectivity index (χ3n) is 3.90. The van der Waals surface area contributed by atoms with Gasteiger partial charge in [-0.3, -0.25) is 9.59 Å². The Kier molecular flexibility index (Phi) is 5.98. The molecule has 2 amide bonds. The number of likely N-dealkylation sites (tertiary alicyclic amines) is 1. The van der Waals surface area contributed by atoms with Gasteiger partial charge in [-0.1, -0.05) is 11.6 Å². The molecule has 0 bridgehead atoms. The number of carboxylic acid groups (broad SMARTS) is 1. The van der Waals surface area contributed by atoms with Crippen molar-refractivity contribution in [2.24, 2.45) is 5.92 Å². The van der Waals surface area contributed by atoms with Crippen molar-refractivity contribution in [3.05, 3.63) is 34.9 Å². The first-order valence-electron chi connectivity index (χ1n) is 7.51. The number of carbonyl (C=O) groups is 3. The van der Waals surface area contributed by atoms with Crippen LogP contribution in [0.25, 0.3) is 0 Å². The van der Waals surface area contributed by atoms with Gasteiger partial charge in [-0.2, -0.15) is 0 Å². The summed E-state index contributed by atoms with van der Waals surface area (Å²) >= 11 is 5.82. The Morgan fingerprint density at radius 3 is 2.35 bits per heavy atom. The van der Waals surface area contributed by atoms with Crippen LogP contribution in [0.4, 0.5) is 4.79 Å². The molecule has 1 saturated heterocycles. The van der Waals surface area contributed by atoms with Crippen LogP contribution in [0.3, 0.4) is 0 Å². The van der Waals surface area contributed by atoms with E-state index in [0.717, 1.165) is 0 Å².